The minimum absolute atomic E-state index is 0.0862. The first kappa shape index (κ1) is 17.9. The van der Waals surface area contributed by atoms with Crippen molar-refractivity contribution in [2.24, 2.45) is 0 Å². The Balaban J connectivity index is 1.70. The van der Waals surface area contributed by atoms with E-state index in [1.807, 2.05) is 6.92 Å². The number of hydrogen-bond donors (Lipinski definition) is 1. The molecule has 2 bridgehead atoms. The van der Waals surface area contributed by atoms with Gasteiger partial charge in [0.05, 0.1) is 25.0 Å². The summed E-state index contributed by atoms with van der Waals surface area (Å²) in [6.07, 6.45) is 4.30. The zero-order valence-electron chi connectivity index (χ0n) is 15.7. The molecule has 0 aromatic carbocycles. The van der Waals surface area contributed by atoms with Crippen molar-refractivity contribution in [3.05, 3.63) is 47.4 Å². The standard InChI is InChI=1S/C19H19F2N7O/c1-10-2-3-15-13(4-11(20)6-22-15)16-5-12(21)8-27(16)19-23-9-28-17(26-19)14(7-24-28)18(29)25-10/h4,6-7,9-10,12,16H,2-3,5,8H2,1H3,(H,25,29)/t10-,12+,16-/m1/s1. The third-order valence-corrected chi connectivity index (χ3v) is 5.53. The molecule has 10 heteroatoms. The topological polar surface area (TPSA) is 88.3 Å². The molecule has 1 saturated heterocycles. The Morgan fingerprint density at radius 3 is 3.00 bits per heavy atom. The normalized spacial score (nSPS) is 24.4. The van der Waals surface area contributed by atoms with Crippen LogP contribution in [0.25, 0.3) is 5.65 Å². The second-order valence-corrected chi connectivity index (χ2v) is 7.59. The Kier molecular flexibility index (Phi) is 4.14. The Labute approximate surface area is 165 Å². The van der Waals surface area contributed by atoms with Crippen LogP contribution in [0.2, 0.25) is 0 Å². The van der Waals surface area contributed by atoms with Crippen molar-refractivity contribution >= 4 is 17.5 Å². The van der Waals surface area contributed by atoms with Gasteiger partial charge in [0.25, 0.3) is 5.91 Å². The highest BCUT2D eigenvalue weighted by Crippen LogP contribution is 2.37. The van der Waals surface area contributed by atoms with Crippen LogP contribution in [-0.2, 0) is 6.42 Å². The molecule has 3 aromatic rings. The van der Waals surface area contributed by atoms with Crippen molar-refractivity contribution in [1.82, 2.24) is 29.9 Å². The second-order valence-electron chi connectivity index (χ2n) is 7.59. The summed E-state index contributed by atoms with van der Waals surface area (Å²) in [7, 11) is 0. The van der Waals surface area contributed by atoms with E-state index < -0.39 is 18.0 Å². The molecule has 3 atom stereocenters. The summed E-state index contributed by atoms with van der Waals surface area (Å²) in [5.41, 5.74) is 2.01. The number of aryl methyl sites for hydroxylation is 1. The number of pyridine rings is 1. The van der Waals surface area contributed by atoms with E-state index in [0.717, 1.165) is 0 Å². The number of anilines is 1. The van der Waals surface area contributed by atoms with Crippen LogP contribution < -0.4 is 10.2 Å². The van der Waals surface area contributed by atoms with Crippen LogP contribution >= 0.6 is 0 Å². The quantitative estimate of drug-likeness (QED) is 0.622. The number of nitrogens with zero attached hydrogens (tertiary/aromatic N) is 6. The fourth-order valence-electron chi connectivity index (χ4n) is 4.09. The second kappa shape index (κ2) is 6.71. The zero-order chi connectivity index (χ0) is 20.1. The number of fused-ring (bicyclic) bond motifs is 5. The molecule has 8 nitrogen and oxygen atoms in total. The van der Waals surface area contributed by atoms with Crippen molar-refractivity contribution in [3.63, 3.8) is 0 Å². The molecular formula is C19H19F2N7O. The van der Waals surface area contributed by atoms with Gasteiger partial charge in [-0.2, -0.15) is 10.1 Å². The molecule has 29 heavy (non-hydrogen) atoms. The van der Waals surface area contributed by atoms with Crippen molar-refractivity contribution in [2.45, 2.75) is 44.4 Å². The molecule has 0 radical (unpaired) electrons. The van der Waals surface area contributed by atoms with E-state index in [1.165, 1.54) is 29.3 Å². The minimum Gasteiger partial charge on any atom is -0.349 e. The molecule has 2 aliphatic rings. The Hall–Kier alpha value is -3.17. The lowest BCUT2D eigenvalue weighted by Gasteiger charge is -2.26. The fourth-order valence-corrected chi connectivity index (χ4v) is 4.09. The summed E-state index contributed by atoms with van der Waals surface area (Å²) in [5, 5.41) is 7.08. The van der Waals surface area contributed by atoms with Gasteiger partial charge in [-0.05, 0) is 31.4 Å². The van der Waals surface area contributed by atoms with Gasteiger partial charge in [-0.3, -0.25) is 9.78 Å². The van der Waals surface area contributed by atoms with E-state index in [-0.39, 0.29) is 30.9 Å². The first-order valence-corrected chi connectivity index (χ1v) is 9.56. The van der Waals surface area contributed by atoms with Gasteiger partial charge in [0.2, 0.25) is 5.95 Å². The van der Waals surface area contributed by atoms with Gasteiger partial charge in [0, 0.05) is 18.2 Å². The van der Waals surface area contributed by atoms with Crippen molar-refractivity contribution in [3.8, 4) is 0 Å². The molecule has 5 rings (SSSR count). The predicted octanol–water partition coefficient (Wildman–Crippen LogP) is 2.01. The third-order valence-electron chi connectivity index (χ3n) is 5.53. The van der Waals surface area contributed by atoms with Crippen LogP contribution in [0.5, 0.6) is 0 Å². The van der Waals surface area contributed by atoms with Gasteiger partial charge in [-0.15, -0.1) is 0 Å². The molecule has 1 N–H and O–H groups in total. The lowest BCUT2D eigenvalue weighted by Crippen LogP contribution is -2.33. The van der Waals surface area contributed by atoms with Gasteiger partial charge < -0.3 is 10.2 Å². The largest absolute Gasteiger partial charge is 0.349 e. The summed E-state index contributed by atoms with van der Waals surface area (Å²) in [4.78, 5) is 27.5. The van der Waals surface area contributed by atoms with Gasteiger partial charge in [0.15, 0.2) is 5.65 Å². The van der Waals surface area contributed by atoms with Gasteiger partial charge >= 0.3 is 0 Å². The number of amides is 1. The summed E-state index contributed by atoms with van der Waals surface area (Å²) >= 11 is 0. The maximum Gasteiger partial charge on any atom is 0.256 e. The molecule has 1 amide bonds. The highest BCUT2D eigenvalue weighted by Gasteiger charge is 2.37. The molecule has 150 valence electrons. The van der Waals surface area contributed by atoms with E-state index in [1.54, 1.807) is 4.90 Å². The lowest BCUT2D eigenvalue weighted by atomic mass is 9.98. The summed E-state index contributed by atoms with van der Waals surface area (Å²) in [6.45, 7) is 1.98. The third kappa shape index (κ3) is 3.08. The van der Waals surface area contributed by atoms with Crippen molar-refractivity contribution in [2.75, 3.05) is 11.4 Å². The molecular weight excluding hydrogens is 380 g/mol. The van der Waals surface area contributed by atoms with Crippen LogP contribution in [0.4, 0.5) is 14.7 Å². The van der Waals surface area contributed by atoms with Crippen LogP contribution in [0, 0.1) is 5.82 Å². The average molecular weight is 399 g/mol. The summed E-state index contributed by atoms with van der Waals surface area (Å²) in [6, 6.07) is 0.841. The first-order chi connectivity index (χ1) is 14.0. The smallest absolute Gasteiger partial charge is 0.256 e. The summed E-state index contributed by atoms with van der Waals surface area (Å²) < 4.78 is 29.9. The van der Waals surface area contributed by atoms with Crippen LogP contribution in [0.1, 0.15) is 47.4 Å². The molecule has 2 aliphatic heterocycles. The number of alkyl halides is 1. The number of halogens is 2. The SMILES string of the molecule is C[C@@H]1CCc2ncc(F)cc2[C@H]2C[C@H](F)CN2c2ncn3ncc(c3n2)C(=O)N1. The first-order valence-electron chi connectivity index (χ1n) is 9.56. The highest BCUT2D eigenvalue weighted by atomic mass is 19.1. The van der Waals surface area contributed by atoms with Crippen molar-refractivity contribution < 1.29 is 13.6 Å². The van der Waals surface area contributed by atoms with Gasteiger partial charge in [-0.1, -0.05) is 0 Å². The Bertz CT molecular complexity index is 1100. The maximum absolute atomic E-state index is 14.5. The van der Waals surface area contributed by atoms with E-state index >= 15 is 0 Å². The molecule has 0 unspecified atom stereocenters. The van der Waals surface area contributed by atoms with E-state index in [9.17, 15) is 13.6 Å². The molecule has 3 aromatic heterocycles. The van der Waals surface area contributed by atoms with E-state index in [0.29, 0.717) is 35.3 Å². The molecule has 0 aliphatic carbocycles. The van der Waals surface area contributed by atoms with E-state index in [4.69, 9.17) is 0 Å². The van der Waals surface area contributed by atoms with Crippen LogP contribution in [0.3, 0.4) is 0 Å². The minimum atomic E-state index is -1.10. The number of aromatic nitrogens is 5. The van der Waals surface area contributed by atoms with Gasteiger partial charge in [-0.25, -0.2) is 18.3 Å². The zero-order valence-corrected chi connectivity index (χ0v) is 15.7. The fraction of sp³-hybridized carbons (Fsp3) is 0.421. The highest BCUT2D eigenvalue weighted by molar-refractivity contribution is 5.99. The maximum atomic E-state index is 14.5. The molecule has 0 saturated carbocycles. The van der Waals surface area contributed by atoms with Crippen LogP contribution in [0.15, 0.2) is 24.8 Å². The Morgan fingerprint density at radius 2 is 2.14 bits per heavy atom. The van der Waals surface area contributed by atoms with Gasteiger partial charge in [0.1, 0.15) is 23.9 Å². The molecule has 0 spiro atoms. The van der Waals surface area contributed by atoms with Crippen molar-refractivity contribution in [1.29, 1.82) is 0 Å². The number of rotatable bonds is 0. The number of hydrogen-bond acceptors (Lipinski definition) is 6. The number of carbonyl (C=O) groups is 1. The predicted molar refractivity (Wildman–Crippen MR) is 99.8 cm³/mol. The number of carbonyl (C=O) groups excluding carboxylic acids is 1. The van der Waals surface area contributed by atoms with Crippen LogP contribution in [-0.4, -0.2) is 49.2 Å². The lowest BCUT2D eigenvalue weighted by molar-refractivity contribution is 0.0940. The molecule has 5 heterocycles. The average Bonchev–Trinajstić information content (AvgIpc) is 3.29. The number of nitrogens with one attached hydrogen (secondary N) is 1. The van der Waals surface area contributed by atoms with E-state index in [2.05, 4.69) is 25.4 Å². The molecule has 1 fully saturated rings. The summed E-state index contributed by atoms with van der Waals surface area (Å²) in [5.74, 6) is -0.476. The monoisotopic (exact) mass is 399 g/mol. The Morgan fingerprint density at radius 1 is 1.28 bits per heavy atom.